The molecule has 0 amide bonds. The Labute approximate surface area is 118 Å². The summed E-state index contributed by atoms with van der Waals surface area (Å²) in [5.41, 5.74) is 0.766. The number of nitrogens with zero attached hydrogens (tertiary/aromatic N) is 2. The average Bonchev–Trinajstić information content (AvgIpc) is 2.81. The lowest BCUT2D eigenvalue weighted by Crippen LogP contribution is -2.26. The number of thiazole rings is 1. The van der Waals surface area contributed by atoms with E-state index >= 15 is 0 Å². The molecule has 0 radical (unpaired) electrons. The van der Waals surface area contributed by atoms with Gasteiger partial charge in [-0.05, 0) is 25.7 Å². The second kappa shape index (κ2) is 6.37. The third-order valence-corrected chi connectivity index (χ3v) is 4.99. The summed E-state index contributed by atoms with van der Waals surface area (Å²) in [5, 5.41) is 0.920. The van der Waals surface area contributed by atoms with Crippen LogP contribution in [0.15, 0.2) is 0 Å². The quantitative estimate of drug-likeness (QED) is 0.795. The monoisotopic (exact) mass is 282 g/mol. The molecule has 19 heavy (non-hydrogen) atoms. The van der Waals surface area contributed by atoms with Gasteiger partial charge in [-0.15, -0.1) is 0 Å². The third kappa shape index (κ3) is 3.47. The second-order valence-corrected chi connectivity index (χ2v) is 6.26. The van der Waals surface area contributed by atoms with Gasteiger partial charge in [0.15, 0.2) is 5.13 Å². The Kier molecular flexibility index (Phi) is 4.80. The van der Waals surface area contributed by atoms with Crippen molar-refractivity contribution in [1.82, 2.24) is 4.98 Å². The standard InChI is InChI=1S/C14H22N2O2S/c1-10-12(13(17)18-3)19-14(15-10)16(2)9-11-7-5-4-6-8-11/h11H,4-9H2,1-3H3. The van der Waals surface area contributed by atoms with Crippen molar-refractivity contribution in [3.63, 3.8) is 0 Å². The molecule has 0 atom stereocenters. The van der Waals surface area contributed by atoms with Crippen LogP contribution in [0.4, 0.5) is 5.13 Å². The maximum Gasteiger partial charge on any atom is 0.350 e. The van der Waals surface area contributed by atoms with E-state index in [2.05, 4.69) is 16.9 Å². The number of esters is 1. The molecule has 1 aromatic heterocycles. The molecular formula is C14H22N2O2S. The van der Waals surface area contributed by atoms with Crippen LogP contribution in [-0.2, 0) is 4.74 Å². The minimum atomic E-state index is -0.285. The Bertz CT molecular complexity index is 439. The molecular weight excluding hydrogens is 260 g/mol. The van der Waals surface area contributed by atoms with Gasteiger partial charge in [-0.3, -0.25) is 0 Å². The Hall–Kier alpha value is -1.10. The smallest absolute Gasteiger partial charge is 0.350 e. The van der Waals surface area contributed by atoms with E-state index in [9.17, 15) is 4.79 Å². The first-order chi connectivity index (χ1) is 9.11. The van der Waals surface area contributed by atoms with E-state index in [4.69, 9.17) is 4.74 Å². The summed E-state index contributed by atoms with van der Waals surface area (Å²) in [4.78, 5) is 18.9. The highest BCUT2D eigenvalue weighted by molar-refractivity contribution is 7.17. The molecule has 0 aromatic carbocycles. The number of hydrogen-bond acceptors (Lipinski definition) is 5. The second-order valence-electron chi connectivity index (χ2n) is 5.29. The Balaban J connectivity index is 2.02. The number of rotatable bonds is 4. The molecule has 0 N–H and O–H groups in total. The fraction of sp³-hybridized carbons (Fsp3) is 0.714. The minimum absolute atomic E-state index is 0.285. The van der Waals surface area contributed by atoms with Crippen LogP contribution >= 0.6 is 11.3 Å². The lowest BCUT2D eigenvalue weighted by atomic mass is 9.89. The molecule has 2 rings (SSSR count). The van der Waals surface area contributed by atoms with Gasteiger partial charge in [0, 0.05) is 13.6 Å². The summed E-state index contributed by atoms with van der Waals surface area (Å²) >= 11 is 1.43. The molecule has 106 valence electrons. The molecule has 0 unspecified atom stereocenters. The maximum atomic E-state index is 11.6. The highest BCUT2D eigenvalue weighted by Crippen LogP contribution is 2.29. The summed E-state index contributed by atoms with van der Waals surface area (Å²) in [6, 6.07) is 0. The fourth-order valence-electron chi connectivity index (χ4n) is 2.66. The third-order valence-electron chi connectivity index (χ3n) is 3.74. The van der Waals surface area contributed by atoms with Crippen molar-refractivity contribution in [3.8, 4) is 0 Å². The van der Waals surface area contributed by atoms with Crippen LogP contribution in [-0.4, -0.2) is 31.7 Å². The summed E-state index contributed by atoms with van der Waals surface area (Å²) in [6.45, 7) is 2.90. The van der Waals surface area contributed by atoms with Gasteiger partial charge in [0.25, 0.3) is 0 Å². The van der Waals surface area contributed by atoms with Crippen molar-refractivity contribution >= 4 is 22.4 Å². The van der Waals surface area contributed by atoms with Crippen LogP contribution in [0, 0.1) is 12.8 Å². The zero-order valence-electron chi connectivity index (χ0n) is 11.9. The van der Waals surface area contributed by atoms with Crippen LogP contribution < -0.4 is 4.90 Å². The molecule has 5 heteroatoms. The lowest BCUT2D eigenvalue weighted by molar-refractivity contribution is 0.0605. The first kappa shape index (κ1) is 14.3. The molecule has 1 aliphatic carbocycles. The van der Waals surface area contributed by atoms with Gasteiger partial charge in [-0.2, -0.15) is 0 Å². The van der Waals surface area contributed by atoms with Crippen molar-refractivity contribution in [3.05, 3.63) is 10.6 Å². The molecule has 4 nitrogen and oxygen atoms in total. The van der Waals surface area contributed by atoms with Crippen LogP contribution in [0.1, 0.15) is 47.5 Å². The predicted molar refractivity (Wildman–Crippen MR) is 78.0 cm³/mol. The topological polar surface area (TPSA) is 42.4 Å². The van der Waals surface area contributed by atoms with E-state index in [1.807, 2.05) is 6.92 Å². The Morgan fingerprint density at radius 1 is 1.42 bits per heavy atom. The SMILES string of the molecule is COC(=O)c1sc(N(C)CC2CCCCC2)nc1C. The zero-order valence-corrected chi connectivity index (χ0v) is 12.8. The van der Waals surface area contributed by atoms with Crippen molar-refractivity contribution < 1.29 is 9.53 Å². The molecule has 0 bridgehead atoms. The van der Waals surface area contributed by atoms with Crippen LogP contribution in [0.2, 0.25) is 0 Å². The molecule has 0 aliphatic heterocycles. The number of ether oxygens (including phenoxy) is 1. The zero-order chi connectivity index (χ0) is 13.8. The van der Waals surface area contributed by atoms with E-state index in [-0.39, 0.29) is 5.97 Å². The number of carbonyl (C=O) groups excluding carboxylic acids is 1. The van der Waals surface area contributed by atoms with Gasteiger partial charge in [0.2, 0.25) is 0 Å². The molecule has 0 spiro atoms. The molecule has 1 saturated carbocycles. The Morgan fingerprint density at radius 3 is 2.74 bits per heavy atom. The lowest BCUT2D eigenvalue weighted by Gasteiger charge is -2.26. The molecule has 1 fully saturated rings. The van der Waals surface area contributed by atoms with E-state index in [1.54, 1.807) is 0 Å². The van der Waals surface area contributed by atoms with E-state index in [1.165, 1.54) is 50.6 Å². The van der Waals surface area contributed by atoms with E-state index < -0.39 is 0 Å². The number of hydrogen-bond donors (Lipinski definition) is 0. The largest absolute Gasteiger partial charge is 0.465 e. The highest BCUT2D eigenvalue weighted by atomic mass is 32.1. The number of methoxy groups -OCH3 is 1. The van der Waals surface area contributed by atoms with Crippen molar-refractivity contribution in [2.45, 2.75) is 39.0 Å². The molecule has 1 heterocycles. The summed E-state index contributed by atoms with van der Waals surface area (Å²) in [5.74, 6) is 0.483. The maximum absolute atomic E-state index is 11.6. The first-order valence-electron chi connectivity index (χ1n) is 6.88. The molecule has 1 aromatic rings. The minimum Gasteiger partial charge on any atom is -0.465 e. The fourth-order valence-corrected chi connectivity index (χ4v) is 3.62. The van der Waals surface area contributed by atoms with E-state index in [0.29, 0.717) is 4.88 Å². The molecule has 0 saturated heterocycles. The van der Waals surface area contributed by atoms with Crippen molar-refractivity contribution in [2.75, 3.05) is 25.6 Å². The molecule has 1 aliphatic rings. The van der Waals surface area contributed by atoms with Gasteiger partial charge in [0.05, 0.1) is 12.8 Å². The van der Waals surface area contributed by atoms with Gasteiger partial charge in [-0.25, -0.2) is 9.78 Å². The van der Waals surface area contributed by atoms with E-state index in [0.717, 1.165) is 23.3 Å². The van der Waals surface area contributed by atoms with Gasteiger partial charge in [-0.1, -0.05) is 30.6 Å². The summed E-state index contributed by atoms with van der Waals surface area (Å²) in [6.07, 6.45) is 6.71. The van der Waals surface area contributed by atoms with Gasteiger partial charge < -0.3 is 9.64 Å². The van der Waals surface area contributed by atoms with Crippen molar-refractivity contribution in [1.29, 1.82) is 0 Å². The van der Waals surface area contributed by atoms with Gasteiger partial charge >= 0.3 is 5.97 Å². The van der Waals surface area contributed by atoms with Crippen LogP contribution in [0.25, 0.3) is 0 Å². The summed E-state index contributed by atoms with van der Waals surface area (Å²) in [7, 11) is 3.47. The first-order valence-corrected chi connectivity index (χ1v) is 7.70. The van der Waals surface area contributed by atoms with Gasteiger partial charge in [0.1, 0.15) is 4.88 Å². The number of aromatic nitrogens is 1. The Morgan fingerprint density at radius 2 is 2.11 bits per heavy atom. The average molecular weight is 282 g/mol. The predicted octanol–water partition coefficient (Wildman–Crippen LogP) is 3.25. The van der Waals surface area contributed by atoms with Crippen molar-refractivity contribution in [2.24, 2.45) is 5.92 Å². The normalized spacial score (nSPS) is 16.4. The number of anilines is 1. The highest BCUT2D eigenvalue weighted by Gasteiger charge is 2.20. The number of carbonyl (C=O) groups is 1. The summed E-state index contributed by atoms with van der Waals surface area (Å²) < 4.78 is 4.77. The van der Waals surface area contributed by atoms with Crippen LogP contribution in [0.5, 0.6) is 0 Å². The van der Waals surface area contributed by atoms with Crippen LogP contribution in [0.3, 0.4) is 0 Å². The number of aryl methyl sites for hydroxylation is 1.